The number of rotatable bonds is 4. The average Bonchev–Trinajstić information content (AvgIpc) is 3.02. The molecule has 0 bridgehead atoms. The van der Waals surface area contributed by atoms with Gasteiger partial charge in [-0.25, -0.2) is 0 Å². The maximum absolute atomic E-state index is 4.42. The SMILES string of the molecule is c1ccc2cc(CC3CCCN3Cc3cnccn3)ccc2c1. The summed E-state index contributed by atoms with van der Waals surface area (Å²) in [7, 11) is 0. The molecular weight excluding hydrogens is 282 g/mol. The Morgan fingerprint density at radius 3 is 2.83 bits per heavy atom. The van der Waals surface area contributed by atoms with Gasteiger partial charge in [0, 0.05) is 31.2 Å². The molecule has 1 aliphatic rings. The lowest BCUT2D eigenvalue weighted by molar-refractivity contribution is 0.241. The fourth-order valence-corrected chi connectivity index (χ4v) is 3.59. The first-order chi connectivity index (χ1) is 11.4. The van der Waals surface area contributed by atoms with Gasteiger partial charge >= 0.3 is 0 Å². The van der Waals surface area contributed by atoms with Crippen molar-refractivity contribution in [3.63, 3.8) is 0 Å². The molecule has 3 nitrogen and oxygen atoms in total. The van der Waals surface area contributed by atoms with Gasteiger partial charge in [-0.05, 0) is 42.1 Å². The molecule has 0 amide bonds. The lowest BCUT2D eigenvalue weighted by Gasteiger charge is -2.24. The summed E-state index contributed by atoms with van der Waals surface area (Å²) in [5.41, 5.74) is 2.50. The molecule has 1 aromatic heterocycles. The van der Waals surface area contributed by atoms with E-state index in [1.807, 2.05) is 6.20 Å². The fourth-order valence-electron chi connectivity index (χ4n) is 3.59. The monoisotopic (exact) mass is 303 g/mol. The van der Waals surface area contributed by atoms with Crippen molar-refractivity contribution in [1.29, 1.82) is 0 Å². The molecule has 0 spiro atoms. The summed E-state index contributed by atoms with van der Waals surface area (Å²) in [4.78, 5) is 11.2. The van der Waals surface area contributed by atoms with Crippen molar-refractivity contribution in [3.8, 4) is 0 Å². The molecule has 1 unspecified atom stereocenters. The molecule has 2 heterocycles. The van der Waals surface area contributed by atoms with Gasteiger partial charge in [-0.2, -0.15) is 0 Å². The molecule has 4 rings (SSSR count). The van der Waals surface area contributed by atoms with Crippen molar-refractivity contribution in [1.82, 2.24) is 14.9 Å². The molecule has 0 aliphatic carbocycles. The van der Waals surface area contributed by atoms with Crippen LogP contribution < -0.4 is 0 Å². The van der Waals surface area contributed by atoms with Crippen LogP contribution >= 0.6 is 0 Å². The Bertz CT molecular complexity index is 785. The minimum Gasteiger partial charge on any atom is -0.294 e. The topological polar surface area (TPSA) is 29.0 Å². The molecule has 2 aromatic carbocycles. The highest BCUT2D eigenvalue weighted by Crippen LogP contribution is 2.24. The summed E-state index contributed by atoms with van der Waals surface area (Å²) in [5.74, 6) is 0. The highest BCUT2D eigenvalue weighted by atomic mass is 15.2. The zero-order valence-electron chi connectivity index (χ0n) is 13.2. The van der Waals surface area contributed by atoms with Gasteiger partial charge in [0.1, 0.15) is 0 Å². The van der Waals surface area contributed by atoms with Crippen LogP contribution in [0.25, 0.3) is 10.8 Å². The van der Waals surface area contributed by atoms with Crippen molar-refractivity contribution < 1.29 is 0 Å². The van der Waals surface area contributed by atoms with Crippen LogP contribution in [0.3, 0.4) is 0 Å². The van der Waals surface area contributed by atoms with Crippen LogP contribution in [0, 0.1) is 0 Å². The zero-order valence-corrected chi connectivity index (χ0v) is 13.2. The summed E-state index contributed by atoms with van der Waals surface area (Å²) >= 11 is 0. The van der Waals surface area contributed by atoms with Crippen LogP contribution in [0.2, 0.25) is 0 Å². The highest BCUT2D eigenvalue weighted by Gasteiger charge is 2.25. The number of likely N-dealkylation sites (tertiary alicyclic amines) is 1. The number of aromatic nitrogens is 2. The largest absolute Gasteiger partial charge is 0.294 e. The van der Waals surface area contributed by atoms with Crippen molar-refractivity contribution in [2.24, 2.45) is 0 Å². The first-order valence-corrected chi connectivity index (χ1v) is 8.35. The van der Waals surface area contributed by atoms with Crippen LogP contribution in [0.1, 0.15) is 24.1 Å². The van der Waals surface area contributed by atoms with Crippen LogP contribution in [0.15, 0.2) is 61.1 Å². The molecule has 0 N–H and O–H groups in total. The second kappa shape index (κ2) is 6.47. The van der Waals surface area contributed by atoms with Crippen molar-refractivity contribution in [2.75, 3.05) is 6.54 Å². The van der Waals surface area contributed by atoms with Gasteiger partial charge in [0.2, 0.25) is 0 Å². The van der Waals surface area contributed by atoms with Gasteiger partial charge < -0.3 is 0 Å². The molecule has 0 saturated carbocycles. The third kappa shape index (κ3) is 3.25. The summed E-state index contributed by atoms with van der Waals surface area (Å²) in [6.07, 6.45) is 9.06. The third-order valence-electron chi connectivity index (χ3n) is 4.77. The highest BCUT2D eigenvalue weighted by molar-refractivity contribution is 5.82. The van der Waals surface area contributed by atoms with Crippen LogP contribution in [0.5, 0.6) is 0 Å². The predicted octanol–water partition coefficient (Wildman–Crippen LogP) is 3.84. The molecule has 3 aromatic rings. The van der Waals surface area contributed by atoms with E-state index in [0.717, 1.165) is 25.2 Å². The number of benzene rings is 2. The van der Waals surface area contributed by atoms with Crippen molar-refractivity contribution >= 4 is 10.8 Å². The average molecular weight is 303 g/mol. The summed E-state index contributed by atoms with van der Waals surface area (Å²) in [6, 6.07) is 16.1. The van der Waals surface area contributed by atoms with Crippen LogP contribution in [-0.4, -0.2) is 27.5 Å². The van der Waals surface area contributed by atoms with E-state index in [2.05, 4.69) is 57.3 Å². The smallest absolute Gasteiger partial charge is 0.0726 e. The number of fused-ring (bicyclic) bond motifs is 1. The van der Waals surface area contributed by atoms with E-state index in [4.69, 9.17) is 0 Å². The minimum absolute atomic E-state index is 0.609. The molecule has 1 atom stereocenters. The first kappa shape index (κ1) is 14.3. The molecule has 116 valence electrons. The number of nitrogens with zero attached hydrogens (tertiary/aromatic N) is 3. The van der Waals surface area contributed by atoms with Crippen LogP contribution in [0.4, 0.5) is 0 Å². The van der Waals surface area contributed by atoms with Crippen LogP contribution in [-0.2, 0) is 13.0 Å². The Kier molecular flexibility index (Phi) is 4.03. The predicted molar refractivity (Wildman–Crippen MR) is 93.1 cm³/mol. The zero-order chi connectivity index (χ0) is 15.5. The molecule has 23 heavy (non-hydrogen) atoms. The molecule has 1 fully saturated rings. The van der Waals surface area contributed by atoms with E-state index in [-0.39, 0.29) is 0 Å². The van der Waals surface area contributed by atoms with Gasteiger partial charge in [0.15, 0.2) is 0 Å². The van der Waals surface area contributed by atoms with Gasteiger partial charge in [0.25, 0.3) is 0 Å². The maximum atomic E-state index is 4.42. The molecule has 1 aliphatic heterocycles. The summed E-state index contributed by atoms with van der Waals surface area (Å²) in [6.45, 7) is 2.07. The van der Waals surface area contributed by atoms with Crippen molar-refractivity contribution in [2.45, 2.75) is 31.8 Å². The number of hydrogen-bond donors (Lipinski definition) is 0. The minimum atomic E-state index is 0.609. The Balaban J connectivity index is 1.50. The van der Waals surface area contributed by atoms with Gasteiger partial charge in [0.05, 0.1) is 5.69 Å². The first-order valence-electron chi connectivity index (χ1n) is 8.35. The molecule has 3 heteroatoms. The Labute approximate surface area is 137 Å². The Morgan fingerprint density at radius 2 is 1.96 bits per heavy atom. The quantitative estimate of drug-likeness (QED) is 0.733. The van der Waals surface area contributed by atoms with E-state index in [1.165, 1.54) is 29.2 Å². The normalized spacial score (nSPS) is 18.5. The fraction of sp³-hybridized carbons (Fsp3) is 0.300. The van der Waals surface area contributed by atoms with Gasteiger partial charge in [-0.3, -0.25) is 14.9 Å². The molecule has 1 saturated heterocycles. The second-order valence-electron chi connectivity index (χ2n) is 6.35. The van der Waals surface area contributed by atoms with E-state index in [1.54, 1.807) is 12.4 Å². The van der Waals surface area contributed by atoms with E-state index >= 15 is 0 Å². The van der Waals surface area contributed by atoms with E-state index < -0.39 is 0 Å². The van der Waals surface area contributed by atoms with Gasteiger partial charge in [-0.15, -0.1) is 0 Å². The summed E-state index contributed by atoms with van der Waals surface area (Å²) < 4.78 is 0. The number of hydrogen-bond acceptors (Lipinski definition) is 3. The summed E-state index contributed by atoms with van der Waals surface area (Å²) in [5, 5.41) is 2.66. The van der Waals surface area contributed by atoms with E-state index in [0.29, 0.717) is 6.04 Å². The Hall–Kier alpha value is -2.26. The lowest BCUT2D eigenvalue weighted by atomic mass is 10.0. The molecule has 0 radical (unpaired) electrons. The second-order valence-corrected chi connectivity index (χ2v) is 6.35. The van der Waals surface area contributed by atoms with E-state index in [9.17, 15) is 0 Å². The van der Waals surface area contributed by atoms with Crippen molar-refractivity contribution in [3.05, 3.63) is 72.3 Å². The van der Waals surface area contributed by atoms with Gasteiger partial charge in [-0.1, -0.05) is 42.5 Å². The lowest BCUT2D eigenvalue weighted by Crippen LogP contribution is -2.31. The standard InChI is InChI=1S/C20H21N3/c1-2-5-18-12-16(7-8-17(18)4-1)13-20-6-3-11-23(20)15-19-14-21-9-10-22-19/h1-2,4-5,7-10,12,14,20H,3,6,11,13,15H2. The maximum Gasteiger partial charge on any atom is 0.0726 e. The third-order valence-corrected chi connectivity index (χ3v) is 4.77. The molecular formula is C20H21N3. The Morgan fingerprint density at radius 1 is 1.04 bits per heavy atom.